The van der Waals surface area contributed by atoms with Gasteiger partial charge in [-0.1, -0.05) is 73.3 Å². The lowest BCUT2D eigenvalue weighted by Gasteiger charge is -2.52. The molecule has 5 atom stereocenters. The Bertz CT molecular complexity index is 2450. The van der Waals surface area contributed by atoms with Crippen LogP contribution in [0.4, 0.5) is 0 Å². The number of fused-ring (bicyclic) bond motifs is 7. The van der Waals surface area contributed by atoms with E-state index in [0.29, 0.717) is 17.9 Å². The topological polar surface area (TPSA) is 95.0 Å². The van der Waals surface area contributed by atoms with E-state index >= 15 is 0 Å². The summed E-state index contributed by atoms with van der Waals surface area (Å²) in [4.78, 5) is 19.7. The summed E-state index contributed by atoms with van der Waals surface area (Å²) in [5.74, 6) is 1.54. The van der Waals surface area contributed by atoms with Gasteiger partial charge in [-0.15, -0.1) is 0 Å². The average Bonchev–Trinajstić information content (AvgIpc) is 3.21. The van der Waals surface area contributed by atoms with E-state index in [1.165, 1.54) is 5.39 Å². The number of hydrogen-bond donors (Lipinski definition) is 0. The molecule has 276 valence electrons. The highest BCUT2D eigenvalue weighted by Crippen LogP contribution is 2.46. The van der Waals surface area contributed by atoms with E-state index in [4.69, 9.17) is 19.2 Å². The SMILES string of the molecule is C=Cc1ccc(C(=O)OCCS(=O)(=O)CCC2CN3CC[C@H]2CC3[C@@H](Oc2cc3ccccc3c3ccccc23)c2ccnc3ccc(OC)cc23)cc1. The van der Waals surface area contributed by atoms with Crippen LogP contribution in [-0.2, 0) is 14.6 Å². The third-order valence-corrected chi connectivity index (χ3v) is 13.0. The Labute approximate surface area is 316 Å². The van der Waals surface area contributed by atoms with Crippen LogP contribution in [0.15, 0.2) is 116 Å². The van der Waals surface area contributed by atoms with Crippen molar-refractivity contribution < 1.29 is 27.4 Å². The number of methoxy groups -OCH3 is 1. The van der Waals surface area contributed by atoms with E-state index in [2.05, 4.69) is 72.1 Å². The van der Waals surface area contributed by atoms with E-state index in [1.807, 2.05) is 24.4 Å². The summed E-state index contributed by atoms with van der Waals surface area (Å²) in [6, 6.07) is 34.0. The molecule has 0 radical (unpaired) electrons. The van der Waals surface area contributed by atoms with Gasteiger partial charge in [0.05, 0.1) is 35.7 Å². The van der Waals surface area contributed by atoms with Gasteiger partial charge in [-0.05, 0) is 102 Å². The molecule has 0 spiro atoms. The summed E-state index contributed by atoms with van der Waals surface area (Å²) in [6.45, 7) is 5.27. The lowest BCUT2D eigenvalue weighted by molar-refractivity contribution is -0.0478. The van der Waals surface area contributed by atoms with E-state index < -0.39 is 15.8 Å². The van der Waals surface area contributed by atoms with Crippen LogP contribution in [-0.4, -0.2) is 68.6 Å². The molecule has 5 aromatic carbocycles. The van der Waals surface area contributed by atoms with E-state index in [1.54, 1.807) is 37.5 Å². The molecule has 8 nitrogen and oxygen atoms in total. The average molecular weight is 741 g/mol. The van der Waals surface area contributed by atoms with Gasteiger partial charge < -0.3 is 14.2 Å². The molecule has 54 heavy (non-hydrogen) atoms. The number of esters is 1. The quantitative estimate of drug-likeness (QED) is 0.0858. The van der Waals surface area contributed by atoms with Gasteiger partial charge in [0.1, 0.15) is 24.2 Å². The predicted molar refractivity (Wildman–Crippen MR) is 215 cm³/mol. The number of pyridine rings is 1. The molecular formula is C45H44N2O6S. The van der Waals surface area contributed by atoms with Crippen LogP contribution in [0.5, 0.6) is 11.5 Å². The maximum atomic E-state index is 13.2. The van der Waals surface area contributed by atoms with Crippen molar-refractivity contribution in [3.8, 4) is 11.5 Å². The molecule has 0 N–H and O–H groups in total. The second-order valence-corrected chi connectivity index (χ2v) is 16.8. The number of nitrogens with zero attached hydrogens (tertiary/aromatic N) is 2. The van der Waals surface area contributed by atoms with Gasteiger partial charge in [0.2, 0.25) is 0 Å². The van der Waals surface area contributed by atoms with E-state index in [9.17, 15) is 13.2 Å². The largest absolute Gasteiger partial charge is 0.497 e. The van der Waals surface area contributed by atoms with Crippen molar-refractivity contribution in [2.75, 3.05) is 38.3 Å². The zero-order chi connectivity index (χ0) is 37.2. The third kappa shape index (κ3) is 7.30. The minimum atomic E-state index is -3.42. The summed E-state index contributed by atoms with van der Waals surface area (Å²) in [5.41, 5.74) is 3.20. The maximum absolute atomic E-state index is 13.2. The molecule has 3 unspecified atom stereocenters. The van der Waals surface area contributed by atoms with Crippen molar-refractivity contribution in [2.24, 2.45) is 11.8 Å². The molecule has 9 heteroatoms. The second kappa shape index (κ2) is 15.2. The van der Waals surface area contributed by atoms with E-state index in [-0.39, 0.29) is 36.2 Å². The Kier molecular flexibility index (Phi) is 10.1. The first-order valence-corrected chi connectivity index (χ1v) is 20.5. The molecule has 4 heterocycles. The standard InChI is InChI=1S/C45H44N2O6S/c1-3-30-12-14-31(15-13-30)45(48)52-23-25-54(49,50)24-20-34-29-47-22-19-32(34)26-42(47)44(39-18-21-46-41-17-16-35(51-2)28-40(39)41)53-43-27-33-8-4-5-9-36(33)37-10-6-7-11-38(37)43/h3-18,21,27-28,32,34,42,44H,1,19-20,22-26,29H2,2H3/t32-,34?,42?,44-/m0/s1. The predicted octanol–water partition coefficient (Wildman–Crippen LogP) is 8.69. The van der Waals surface area contributed by atoms with Crippen LogP contribution in [0, 0.1) is 11.8 Å². The van der Waals surface area contributed by atoms with Gasteiger partial charge in [-0.25, -0.2) is 13.2 Å². The molecule has 9 rings (SSSR count). The summed E-state index contributed by atoms with van der Waals surface area (Å²) < 4.78 is 44.6. The van der Waals surface area contributed by atoms with Crippen LogP contribution in [0.2, 0.25) is 0 Å². The fourth-order valence-electron chi connectivity index (χ4n) is 8.48. The Morgan fingerprint density at radius 3 is 2.46 bits per heavy atom. The Balaban J connectivity index is 1.02. The number of carbonyl (C=O) groups excluding carboxylic acids is 1. The fraction of sp³-hybridized carbons (Fsp3) is 0.289. The molecule has 3 aliphatic rings. The molecule has 1 aromatic heterocycles. The van der Waals surface area contributed by atoms with Gasteiger partial charge in [0, 0.05) is 29.1 Å². The van der Waals surface area contributed by atoms with Gasteiger partial charge >= 0.3 is 5.97 Å². The van der Waals surface area contributed by atoms with Gasteiger partial charge in [-0.3, -0.25) is 9.88 Å². The number of piperidine rings is 3. The van der Waals surface area contributed by atoms with Crippen molar-refractivity contribution in [1.82, 2.24) is 9.88 Å². The number of aromatic nitrogens is 1. The number of hydrogen-bond acceptors (Lipinski definition) is 8. The minimum Gasteiger partial charge on any atom is -0.497 e. The first kappa shape index (κ1) is 35.8. The first-order chi connectivity index (χ1) is 26.3. The Morgan fingerprint density at radius 1 is 0.926 bits per heavy atom. The van der Waals surface area contributed by atoms with Crippen LogP contribution >= 0.6 is 0 Å². The third-order valence-electron chi connectivity index (χ3n) is 11.4. The van der Waals surface area contributed by atoms with Gasteiger partial charge in [-0.2, -0.15) is 0 Å². The zero-order valence-electron chi connectivity index (χ0n) is 30.4. The number of sulfone groups is 1. The summed E-state index contributed by atoms with van der Waals surface area (Å²) in [6.07, 6.45) is 5.71. The molecule has 0 aliphatic carbocycles. The normalized spacial score (nSPS) is 20.2. The number of rotatable bonds is 13. The van der Waals surface area contributed by atoms with Crippen molar-refractivity contribution >= 4 is 54.3 Å². The first-order valence-electron chi connectivity index (χ1n) is 18.6. The van der Waals surface area contributed by atoms with Crippen LogP contribution in [0.3, 0.4) is 0 Å². The van der Waals surface area contributed by atoms with Crippen molar-refractivity contribution in [1.29, 1.82) is 0 Å². The monoisotopic (exact) mass is 740 g/mol. The smallest absolute Gasteiger partial charge is 0.338 e. The number of carbonyl (C=O) groups is 1. The lowest BCUT2D eigenvalue weighted by Crippen LogP contribution is -2.56. The van der Waals surface area contributed by atoms with Gasteiger partial charge in [0.25, 0.3) is 0 Å². The summed E-state index contributed by atoms with van der Waals surface area (Å²) >= 11 is 0. The van der Waals surface area contributed by atoms with E-state index in [0.717, 1.165) is 75.6 Å². The van der Waals surface area contributed by atoms with Crippen molar-refractivity contribution in [3.05, 3.63) is 133 Å². The zero-order valence-corrected chi connectivity index (χ0v) is 31.2. The Hall–Kier alpha value is -5.25. The highest BCUT2D eigenvalue weighted by Gasteiger charge is 2.45. The fourth-order valence-corrected chi connectivity index (χ4v) is 9.68. The highest BCUT2D eigenvalue weighted by atomic mass is 32.2. The van der Waals surface area contributed by atoms with Crippen molar-refractivity contribution in [3.63, 3.8) is 0 Å². The van der Waals surface area contributed by atoms with Gasteiger partial charge in [0.15, 0.2) is 9.84 Å². The molecule has 3 saturated heterocycles. The Morgan fingerprint density at radius 2 is 1.70 bits per heavy atom. The molecule has 0 saturated carbocycles. The molecule has 3 fully saturated rings. The number of benzene rings is 5. The van der Waals surface area contributed by atoms with Crippen LogP contribution < -0.4 is 9.47 Å². The number of ether oxygens (including phenoxy) is 3. The molecule has 6 aromatic rings. The van der Waals surface area contributed by atoms with Crippen molar-refractivity contribution in [2.45, 2.75) is 31.4 Å². The molecule has 0 amide bonds. The van der Waals surface area contributed by atoms with Crippen LogP contribution in [0.1, 0.15) is 46.9 Å². The summed E-state index contributed by atoms with van der Waals surface area (Å²) in [7, 11) is -1.75. The molecular weight excluding hydrogens is 697 g/mol. The maximum Gasteiger partial charge on any atom is 0.338 e. The molecule has 3 aliphatic heterocycles. The molecule has 2 bridgehead atoms. The minimum absolute atomic E-state index is 0.0655. The lowest BCUT2D eigenvalue weighted by atomic mass is 9.72. The van der Waals surface area contributed by atoms with Crippen LogP contribution in [0.25, 0.3) is 38.5 Å². The highest BCUT2D eigenvalue weighted by molar-refractivity contribution is 7.91. The second-order valence-electron chi connectivity index (χ2n) is 14.5. The summed E-state index contributed by atoms with van der Waals surface area (Å²) in [5, 5.41) is 5.51.